The van der Waals surface area contributed by atoms with Gasteiger partial charge in [-0.1, -0.05) is 20.4 Å². The summed E-state index contributed by atoms with van der Waals surface area (Å²) in [5.74, 6) is -8.34. The van der Waals surface area contributed by atoms with Gasteiger partial charge in [0.05, 0.1) is 12.7 Å². The monoisotopic (exact) mass is 776 g/mol. The van der Waals surface area contributed by atoms with Crippen molar-refractivity contribution in [3.05, 3.63) is 12.2 Å². The van der Waals surface area contributed by atoms with Gasteiger partial charge in [-0.15, -0.1) is 0 Å². The van der Waals surface area contributed by atoms with Gasteiger partial charge in [0.25, 0.3) is 0 Å². The molecule has 4 aliphatic heterocycles. The molecule has 4 heterocycles. The number of ether oxygens (including phenoxy) is 10. The lowest BCUT2D eigenvalue weighted by Gasteiger charge is -2.78. The Hall–Kier alpha value is -3.44. The van der Waals surface area contributed by atoms with Gasteiger partial charge in [0.1, 0.15) is 30.3 Å². The molecule has 4 saturated heterocycles. The zero-order chi connectivity index (χ0) is 40.2. The number of carbonyl (C=O) groups excluding carboxylic acids is 6. The lowest BCUT2D eigenvalue weighted by Crippen LogP contribution is -2.89. The van der Waals surface area contributed by atoms with E-state index in [4.69, 9.17) is 47.4 Å². The van der Waals surface area contributed by atoms with Gasteiger partial charge in [-0.2, -0.15) is 0 Å². The SMILES string of the molecule is C=C1C(=O)[C@@]23[C@@H]4OC(C)(C)O[C@]25OC[C@]2([C@@H](OC(C)=O)CCC(C)(C)[C@H]2[C@@H]5O[C@@H]2O[C@H](COC(C)=O)[C@H](OC(C)=O)[C@H](OC(C)=O)[C@H]2OC(C)=O)[C@@H]3CC[C@@H]14. The second-order valence-corrected chi connectivity index (χ2v) is 17.3. The molecule has 304 valence electrons. The lowest BCUT2D eigenvalue weighted by atomic mass is 9.35. The van der Waals surface area contributed by atoms with E-state index in [2.05, 4.69) is 20.4 Å². The van der Waals surface area contributed by atoms with E-state index in [1.165, 1.54) is 13.8 Å². The molecule has 4 aliphatic carbocycles. The molecule has 0 unspecified atom stereocenters. The Kier molecular flexibility index (Phi) is 9.63. The Morgan fingerprint density at radius 1 is 0.800 bits per heavy atom. The van der Waals surface area contributed by atoms with Crippen LogP contribution in [0.4, 0.5) is 0 Å². The predicted molar refractivity (Wildman–Crippen MR) is 183 cm³/mol. The maximum Gasteiger partial charge on any atom is 0.303 e. The number of fused-ring (bicyclic) bond motifs is 1. The molecule has 8 rings (SSSR count). The summed E-state index contributed by atoms with van der Waals surface area (Å²) in [5.41, 5.74) is -2.71. The molecule has 8 fully saturated rings. The molecular weight excluding hydrogens is 724 g/mol. The molecule has 16 heteroatoms. The minimum atomic E-state index is -1.85. The first-order chi connectivity index (χ1) is 25.6. The molecule has 0 N–H and O–H groups in total. The number of esters is 5. The minimum absolute atomic E-state index is 0.0666. The Morgan fingerprint density at radius 3 is 2.04 bits per heavy atom. The molecule has 4 saturated carbocycles. The summed E-state index contributed by atoms with van der Waals surface area (Å²) in [5, 5.41) is 0. The van der Waals surface area contributed by atoms with Crippen molar-refractivity contribution < 1.29 is 76.1 Å². The maximum absolute atomic E-state index is 15.1. The number of ketones is 1. The molecule has 0 aromatic heterocycles. The molecule has 55 heavy (non-hydrogen) atoms. The van der Waals surface area contributed by atoms with Gasteiger partial charge in [-0.25, -0.2) is 0 Å². The van der Waals surface area contributed by atoms with Crippen molar-refractivity contribution in [3.8, 4) is 0 Å². The first-order valence-corrected chi connectivity index (χ1v) is 19.0. The van der Waals surface area contributed by atoms with Crippen LogP contribution in [0.5, 0.6) is 0 Å². The number of hydrogen-bond donors (Lipinski definition) is 0. The van der Waals surface area contributed by atoms with E-state index in [0.717, 1.165) is 20.8 Å². The van der Waals surface area contributed by atoms with Crippen LogP contribution in [0.2, 0.25) is 0 Å². The predicted octanol–water partition coefficient (Wildman–Crippen LogP) is 2.85. The molecule has 0 aromatic carbocycles. The summed E-state index contributed by atoms with van der Waals surface area (Å²) in [7, 11) is 0. The zero-order valence-corrected chi connectivity index (χ0v) is 32.8. The van der Waals surface area contributed by atoms with Gasteiger partial charge in [0, 0.05) is 51.9 Å². The van der Waals surface area contributed by atoms with E-state index in [9.17, 15) is 24.0 Å². The molecule has 4 bridgehead atoms. The van der Waals surface area contributed by atoms with Crippen molar-refractivity contribution in [2.75, 3.05) is 13.2 Å². The van der Waals surface area contributed by atoms with E-state index in [0.29, 0.717) is 31.3 Å². The summed E-state index contributed by atoms with van der Waals surface area (Å²) in [6, 6.07) is 0. The highest BCUT2D eigenvalue weighted by molar-refractivity contribution is 6.05. The summed E-state index contributed by atoms with van der Waals surface area (Å²) >= 11 is 0. The van der Waals surface area contributed by atoms with Crippen LogP contribution in [0.3, 0.4) is 0 Å². The number of carbonyl (C=O) groups is 6. The van der Waals surface area contributed by atoms with Crippen LogP contribution < -0.4 is 0 Å². The third-order valence-corrected chi connectivity index (χ3v) is 13.1. The van der Waals surface area contributed by atoms with Crippen molar-refractivity contribution >= 4 is 35.6 Å². The Balaban J connectivity index is 1.45. The third-order valence-electron chi connectivity index (χ3n) is 13.1. The van der Waals surface area contributed by atoms with Crippen LogP contribution >= 0.6 is 0 Å². The van der Waals surface area contributed by atoms with Crippen LogP contribution in [0, 0.1) is 34.0 Å². The van der Waals surface area contributed by atoms with E-state index >= 15 is 4.79 Å². The van der Waals surface area contributed by atoms with Gasteiger partial charge in [-0.05, 0) is 56.4 Å². The highest BCUT2D eigenvalue weighted by Gasteiger charge is 2.91. The van der Waals surface area contributed by atoms with Crippen molar-refractivity contribution in [1.82, 2.24) is 0 Å². The molecule has 0 amide bonds. The van der Waals surface area contributed by atoms with Gasteiger partial charge in [0.15, 0.2) is 36.2 Å². The average molecular weight is 777 g/mol. The summed E-state index contributed by atoms with van der Waals surface area (Å²) < 4.78 is 63.1. The quantitative estimate of drug-likeness (QED) is 0.151. The highest BCUT2D eigenvalue weighted by Crippen LogP contribution is 2.80. The first-order valence-electron chi connectivity index (χ1n) is 19.0. The van der Waals surface area contributed by atoms with Crippen molar-refractivity contribution in [2.45, 2.75) is 149 Å². The smallest absolute Gasteiger partial charge is 0.303 e. The largest absolute Gasteiger partial charge is 0.463 e. The van der Waals surface area contributed by atoms with Crippen molar-refractivity contribution in [1.29, 1.82) is 0 Å². The molecule has 3 spiro atoms. The van der Waals surface area contributed by atoms with E-state index in [1.54, 1.807) is 13.8 Å². The second kappa shape index (κ2) is 13.3. The fourth-order valence-corrected chi connectivity index (χ4v) is 11.8. The van der Waals surface area contributed by atoms with Crippen LogP contribution in [0.1, 0.15) is 88.0 Å². The summed E-state index contributed by atoms with van der Waals surface area (Å²) in [6.07, 6.45) is -7.82. The molecule has 14 atom stereocenters. The average Bonchev–Trinajstić information content (AvgIpc) is 3.17. The fraction of sp³-hybridized carbons (Fsp3) is 0.795. The van der Waals surface area contributed by atoms with E-state index in [1.807, 2.05) is 0 Å². The molecule has 0 aromatic rings. The molecule has 8 aliphatic rings. The first kappa shape index (κ1) is 39.8. The zero-order valence-electron chi connectivity index (χ0n) is 32.8. The van der Waals surface area contributed by atoms with E-state index in [-0.39, 0.29) is 18.3 Å². The second-order valence-electron chi connectivity index (χ2n) is 17.3. The minimum Gasteiger partial charge on any atom is -0.463 e. The normalized spacial score (nSPS) is 44.3. The topological polar surface area (TPSA) is 195 Å². The van der Waals surface area contributed by atoms with E-state index < -0.39 is 125 Å². The number of Topliss-reactive ketones (excluding diaryl/α,β-unsaturated/α-hetero) is 1. The van der Waals surface area contributed by atoms with Crippen LogP contribution in [0.25, 0.3) is 0 Å². The lowest BCUT2D eigenvalue weighted by molar-refractivity contribution is -0.543. The fourth-order valence-electron chi connectivity index (χ4n) is 11.8. The number of rotatable bonds is 8. The Bertz CT molecular complexity index is 1690. The van der Waals surface area contributed by atoms with Gasteiger partial charge < -0.3 is 47.4 Å². The number of hydrogen-bond acceptors (Lipinski definition) is 16. The van der Waals surface area contributed by atoms with Crippen LogP contribution in [-0.2, 0) is 76.1 Å². The third kappa shape index (κ3) is 5.78. The molecule has 16 nitrogen and oxygen atoms in total. The van der Waals surface area contributed by atoms with Crippen LogP contribution in [-0.4, -0.2) is 109 Å². The Labute approximate surface area is 319 Å². The molecular formula is C39H52O16. The summed E-state index contributed by atoms with van der Waals surface area (Å²) in [6.45, 7) is 17.5. The standard InChI is InChI=1S/C39H52O16/c1-17-23-11-12-25-37-16-47-39(38(25,31(17)45)32(23)54-36(9,10)55-39)33(30(37)35(7,8)14-13-26(37)48-19(3)41)53-34-29(51-22(6)44)28(50-21(5)43)27(49-20(4)42)24(52-34)15-46-18(2)40/h23-30,32-34H,1,11-16H2,2-10H3/t23-,24+,25-,26-,27-,28-,29+,30+,32+,33-,34-,37+,38-,39-/m0/s1. The maximum atomic E-state index is 15.1. The Morgan fingerprint density at radius 2 is 1.42 bits per heavy atom. The highest BCUT2D eigenvalue weighted by atomic mass is 16.8. The van der Waals surface area contributed by atoms with Crippen molar-refractivity contribution in [2.24, 2.45) is 34.0 Å². The van der Waals surface area contributed by atoms with Gasteiger partial charge in [-0.3, -0.25) is 28.8 Å². The van der Waals surface area contributed by atoms with Crippen molar-refractivity contribution in [3.63, 3.8) is 0 Å². The summed E-state index contributed by atoms with van der Waals surface area (Å²) in [4.78, 5) is 77.9. The van der Waals surface area contributed by atoms with Gasteiger partial charge >= 0.3 is 29.8 Å². The molecule has 0 radical (unpaired) electrons. The van der Waals surface area contributed by atoms with Crippen LogP contribution in [0.15, 0.2) is 12.2 Å². The van der Waals surface area contributed by atoms with Gasteiger partial charge in [0.2, 0.25) is 5.79 Å².